The van der Waals surface area contributed by atoms with Crippen LogP contribution >= 0.6 is 15.9 Å². The average Bonchev–Trinajstić information content (AvgIpc) is 2.45. The number of hydrogen-bond donors (Lipinski definition) is 0. The second-order valence-electron chi connectivity index (χ2n) is 3.49. The molecule has 1 aromatic heterocycles. The van der Waals surface area contributed by atoms with Gasteiger partial charge in [0.25, 0.3) is 5.92 Å². The molecule has 0 atom stereocenters. The number of hydrogen-bond acceptors (Lipinski definition) is 1. The number of benzene rings is 1. The molecule has 0 saturated heterocycles. The fourth-order valence-electron chi connectivity index (χ4n) is 1.58. The highest BCUT2D eigenvalue weighted by Gasteiger charge is 2.31. The van der Waals surface area contributed by atoms with Crippen molar-refractivity contribution in [1.82, 2.24) is 9.78 Å². The molecule has 1 heterocycles. The molecule has 0 amide bonds. The highest BCUT2D eigenvalue weighted by atomic mass is 79.9. The van der Waals surface area contributed by atoms with Gasteiger partial charge in [0.05, 0.1) is 5.52 Å². The van der Waals surface area contributed by atoms with E-state index in [9.17, 15) is 8.78 Å². The molecule has 0 unspecified atom stereocenters. The van der Waals surface area contributed by atoms with Gasteiger partial charge in [0, 0.05) is 23.8 Å². The van der Waals surface area contributed by atoms with E-state index in [0.29, 0.717) is 15.4 Å². The Balaban J connectivity index is 2.88. The summed E-state index contributed by atoms with van der Waals surface area (Å²) in [5.41, 5.74) is 0.508. The average molecular weight is 275 g/mol. The number of fused-ring (bicyclic) bond motifs is 1. The van der Waals surface area contributed by atoms with Crippen LogP contribution in [0.25, 0.3) is 10.9 Å². The first-order valence-corrected chi connectivity index (χ1v) is 5.20. The van der Waals surface area contributed by atoms with Gasteiger partial charge in [-0.2, -0.15) is 13.9 Å². The Morgan fingerprint density at radius 3 is 2.67 bits per heavy atom. The Morgan fingerprint density at radius 2 is 2.07 bits per heavy atom. The Kier molecular flexibility index (Phi) is 2.30. The van der Waals surface area contributed by atoms with Crippen molar-refractivity contribution < 1.29 is 8.78 Å². The fourth-order valence-corrected chi connectivity index (χ4v) is 2.12. The van der Waals surface area contributed by atoms with Crippen LogP contribution in [0.4, 0.5) is 8.78 Å². The summed E-state index contributed by atoms with van der Waals surface area (Å²) in [6.07, 6.45) is 0. The minimum atomic E-state index is -2.93. The lowest BCUT2D eigenvalue weighted by Gasteiger charge is -2.07. The Morgan fingerprint density at radius 1 is 1.40 bits per heavy atom. The molecule has 0 fully saturated rings. The largest absolute Gasteiger partial charge is 0.289 e. The first-order valence-electron chi connectivity index (χ1n) is 4.41. The molecule has 0 aliphatic carbocycles. The van der Waals surface area contributed by atoms with Crippen molar-refractivity contribution in [2.24, 2.45) is 7.05 Å². The van der Waals surface area contributed by atoms with E-state index >= 15 is 0 Å². The van der Waals surface area contributed by atoms with Gasteiger partial charge in [0.15, 0.2) is 0 Å². The van der Waals surface area contributed by atoms with Gasteiger partial charge < -0.3 is 0 Å². The summed E-state index contributed by atoms with van der Waals surface area (Å²) < 4.78 is 28.7. The quantitative estimate of drug-likeness (QED) is 0.779. The minimum absolute atomic E-state index is 0.188. The molecule has 0 N–H and O–H groups in total. The Bertz CT molecular complexity index is 514. The summed E-state index contributed by atoms with van der Waals surface area (Å²) in [7, 11) is 1.66. The normalized spacial score (nSPS) is 12.3. The summed E-state index contributed by atoms with van der Waals surface area (Å²) in [5, 5.41) is 4.34. The minimum Gasteiger partial charge on any atom is -0.267 e. The van der Waals surface area contributed by atoms with E-state index in [1.165, 1.54) is 4.68 Å². The summed E-state index contributed by atoms with van der Waals surface area (Å²) in [5.74, 6) is -2.93. The van der Waals surface area contributed by atoms with Crippen molar-refractivity contribution in [1.29, 1.82) is 0 Å². The van der Waals surface area contributed by atoms with E-state index in [2.05, 4.69) is 21.0 Å². The van der Waals surface area contributed by atoms with Crippen LogP contribution in [0.1, 0.15) is 12.6 Å². The number of aryl methyl sites for hydroxylation is 1. The second kappa shape index (κ2) is 3.27. The van der Waals surface area contributed by atoms with Gasteiger partial charge in [-0.1, -0.05) is 22.0 Å². The van der Waals surface area contributed by atoms with Crippen LogP contribution in [0.15, 0.2) is 22.7 Å². The van der Waals surface area contributed by atoms with Crippen LogP contribution in [0.2, 0.25) is 0 Å². The van der Waals surface area contributed by atoms with Crippen LogP contribution in [0.5, 0.6) is 0 Å². The maximum Gasteiger partial charge on any atom is 0.289 e. The fraction of sp³-hybridized carbons (Fsp3) is 0.300. The van der Waals surface area contributed by atoms with Crippen molar-refractivity contribution in [3.05, 3.63) is 28.4 Å². The lowest BCUT2D eigenvalue weighted by Crippen LogP contribution is -2.09. The van der Waals surface area contributed by atoms with Crippen molar-refractivity contribution in [3.8, 4) is 0 Å². The number of alkyl halides is 2. The molecule has 0 aliphatic rings. The van der Waals surface area contributed by atoms with E-state index in [1.54, 1.807) is 25.2 Å². The van der Waals surface area contributed by atoms with Gasteiger partial charge in [-0.3, -0.25) is 4.68 Å². The standard InChI is InChI=1S/C10H9BrF2N2/c1-10(12,13)9-8-6(11)4-3-5-7(8)15(2)14-9/h3-5H,1-2H3. The van der Waals surface area contributed by atoms with E-state index in [4.69, 9.17) is 0 Å². The van der Waals surface area contributed by atoms with E-state index in [-0.39, 0.29) is 5.69 Å². The van der Waals surface area contributed by atoms with Gasteiger partial charge >= 0.3 is 0 Å². The smallest absolute Gasteiger partial charge is 0.267 e. The van der Waals surface area contributed by atoms with Crippen LogP contribution in [-0.4, -0.2) is 9.78 Å². The van der Waals surface area contributed by atoms with Gasteiger partial charge in [0.1, 0.15) is 5.69 Å². The molecular weight excluding hydrogens is 266 g/mol. The molecule has 1 aromatic carbocycles. The lowest BCUT2D eigenvalue weighted by atomic mass is 10.1. The molecule has 80 valence electrons. The molecule has 2 rings (SSSR count). The van der Waals surface area contributed by atoms with Gasteiger partial charge in [0.2, 0.25) is 0 Å². The highest BCUT2D eigenvalue weighted by Crippen LogP contribution is 2.35. The SMILES string of the molecule is Cn1nc(C(C)(F)F)c2c(Br)cccc21. The molecular formula is C10H9BrF2N2. The van der Waals surface area contributed by atoms with Crippen LogP contribution in [0, 0.1) is 0 Å². The van der Waals surface area contributed by atoms with E-state index < -0.39 is 5.92 Å². The maximum absolute atomic E-state index is 13.3. The van der Waals surface area contributed by atoms with E-state index in [1.807, 2.05) is 0 Å². The third-order valence-corrected chi connectivity index (χ3v) is 2.90. The zero-order chi connectivity index (χ0) is 11.2. The monoisotopic (exact) mass is 274 g/mol. The topological polar surface area (TPSA) is 17.8 Å². The third-order valence-electron chi connectivity index (χ3n) is 2.24. The van der Waals surface area contributed by atoms with Crippen LogP contribution < -0.4 is 0 Å². The zero-order valence-corrected chi connectivity index (χ0v) is 9.85. The summed E-state index contributed by atoms with van der Waals surface area (Å²) >= 11 is 3.27. The molecule has 15 heavy (non-hydrogen) atoms. The van der Waals surface area contributed by atoms with Gasteiger partial charge in [-0.05, 0) is 12.1 Å². The van der Waals surface area contributed by atoms with Gasteiger partial charge in [-0.15, -0.1) is 0 Å². The van der Waals surface area contributed by atoms with Crippen LogP contribution in [0.3, 0.4) is 0 Å². The third kappa shape index (κ3) is 1.65. The van der Waals surface area contributed by atoms with Crippen molar-refractivity contribution in [2.75, 3.05) is 0 Å². The first-order chi connectivity index (χ1) is 6.91. The second-order valence-corrected chi connectivity index (χ2v) is 4.35. The number of aromatic nitrogens is 2. The van der Waals surface area contributed by atoms with Gasteiger partial charge in [-0.25, -0.2) is 0 Å². The number of rotatable bonds is 1. The summed E-state index contributed by atoms with van der Waals surface area (Å²) in [6, 6.07) is 5.30. The predicted molar refractivity (Wildman–Crippen MR) is 58.0 cm³/mol. The number of nitrogens with zero attached hydrogens (tertiary/aromatic N) is 2. The van der Waals surface area contributed by atoms with E-state index in [0.717, 1.165) is 6.92 Å². The van der Waals surface area contributed by atoms with Crippen molar-refractivity contribution in [3.63, 3.8) is 0 Å². The first kappa shape index (κ1) is 10.5. The molecule has 0 saturated carbocycles. The molecule has 2 nitrogen and oxygen atoms in total. The van der Waals surface area contributed by atoms with Crippen molar-refractivity contribution >= 4 is 26.8 Å². The Labute approximate surface area is 94.0 Å². The zero-order valence-electron chi connectivity index (χ0n) is 8.26. The van der Waals surface area contributed by atoms with Crippen LogP contribution in [-0.2, 0) is 13.0 Å². The molecule has 0 spiro atoms. The Hall–Kier alpha value is -0.970. The molecule has 0 aliphatic heterocycles. The lowest BCUT2D eigenvalue weighted by molar-refractivity contribution is 0.0137. The van der Waals surface area contributed by atoms with Crippen molar-refractivity contribution in [2.45, 2.75) is 12.8 Å². The highest BCUT2D eigenvalue weighted by molar-refractivity contribution is 9.10. The summed E-state index contributed by atoms with van der Waals surface area (Å²) in [4.78, 5) is 0. The molecule has 0 bridgehead atoms. The summed E-state index contributed by atoms with van der Waals surface area (Å²) in [6.45, 7) is 0.855. The molecule has 5 heteroatoms. The predicted octanol–water partition coefficient (Wildman–Crippen LogP) is 3.45. The number of halogens is 3. The molecule has 2 aromatic rings. The maximum atomic E-state index is 13.3. The molecule has 0 radical (unpaired) electrons.